The summed E-state index contributed by atoms with van der Waals surface area (Å²) in [7, 11) is -3.43. The Balaban J connectivity index is 2.25. The van der Waals surface area contributed by atoms with Crippen LogP contribution in [-0.4, -0.2) is 26.3 Å². The Hall–Kier alpha value is -2.22. The summed E-state index contributed by atoms with van der Waals surface area (Å²) >= 11 is 0. The second-order valence-corrected chi connectivity index (χ2v) is 6.92. The van der Waals surface area contributed by atoms with Crippen molar-refractivity contribution in [2.45, 2.75) is 24.5 Å². The highest BCUT2D eigenvalue weighted by atomic mass is 32.2. The molecule has 0 aliphatic carbocycles. The highest BCUT2D eigenvalue weighted by Gasteiger charge is 2.16. The molecular weight excluding hydrogens is 326 g/mol. The van der Waals surface area contributed by atoms with E-state index < -0.39 is 16.4 Å². The summed E-state index contributed by atoms with van der Waals surface area (Å²) in [6.45, 7) is -1.14. The van der Waals surface area contributed by atoms with Crippen molar-refractivity contribution in [1.82, 2.24) is 4.98 Å². The van der Waals surface area contributed by atoms with E-state index in [0.717, 1.165) is 6.26 Å². The standard InChI is InChI=1S/C15H16F2N2O3S/c1-10(11-5-3-6-12(9-11)22-15(16)17)19-14-13(23(2,20)21)7-4-8-18-14/h3-10,15H,1-2H3,(H,18,19). The zero-order chi connectivity index (χ0) is 17.0. The molecular formula is C15H16F2N2O3S. The Kier molecular flexibility index (Phi) is 5.15. The maximum absolute atomic E-state index is 12.3. The SMILES string of the molecule is CC(Nc1ncccc1S(C)(=O)=O)c1cccc(OC(F)F)c1. The molecule has 0 saturated carbocycles. The second kappa shape index (κ2) is 6.91. The second-order valence-electron chi connectivity index (χ2n) is 4.94. The normalized spacial score (nSPS) is 12.9. The first-order valence-corrected chi connectivity index (χ1v) is 8.63. The first kappa shape index (κ1) is 17.1. The summed E-state index contributed by atoms with van der Waals surface area (Å²) in [4.78, 5) is 4.12. The Labute approximate surface area is 133 Å². The number of anilines is 1. The lowest BCUT2D eigenvalue weighted by Gasteiger charge is -2.17. The highest BCUT2D eigenvalue weighted by molar-refractivity contribution is 7.90. The summed E-state index contributed by atoms with van der Waals surface area (Å²) in [6.07, 6.45) is 2.57. The van der Waals surface area contributed by atoms with Gasteiger partial charge in [0, 0.05) is 12.5 Å². The molecule has 0 aliphatic heterocycles. The van der Waals surface area contributed by atoms with E-state index in [1.54, 1.807) is 19.1 Å². The minimum Gasteiger partial charge on any atom is -0.435 e. The van der Waals surface area contributed by atoms with E-state index >= 15 is 0 Å². The number of hydrogen-bond acceptors (Lipinski definition) is 5. The zero-order valence-corrected chi connectivity index (χ0v) is 13.3. The maximum atomic E-state index is 12.3. The third-order valence-electron chi connectivity index (χ3n) is 3.11. The average molecular weight is 342 g/mol. The highest BCUT2D eigenvalue weighted by Crippen LogP contribution is 2.26. The molecule has 1 heterocycles. The van der Waals surface area contributed by atoms with Gasteiger partial charge in [-0.15, -0.1) is 0 Å². The quantitative estimate of drug-likeness (QED) is 0.873. The summed E-state index contributed by atoms with van der Waals surface area (Å²) < 4.78 is 52.4. The van der Waals surface area contributed by atoms with Gasteiger partial charge in [0.15, 0.2) is 9.84 Å². The van der Waals surface area contributed by atoms with Crippen molar-refractivity contribution in [2.75, 3.05) is 11.6 Å². The molecule has 1 aromatic heterocycles. The van der Waals surface area contributed by atoms with Crippen LogP contribution in [0.5, 0.6) is 5.75 Å². The zero-order valence-electron chi connectivity index (χ0n) is 12.5. The van der Waals surface area contributed by atoms with Crippen molar-refractivity contribution >= 4 is 15.7 Å². The van der Waals surface area contributed by atoms with Crippen LogP contribution in [0.25, 0.3) is 0 Å². The molecule has 0 spiro atoms. The van der Waals surface area contributed by atoms with E-state index in [4.69, 9.17) is 0 Å². The molecule has 8 heteroatoms. The monoisotopic (exact) mass is 342 g/mol. The summed E-state index contributed by atoms with van der Waals surface area (Å²) in [6, 6.07) is 8.82. The molecule has 0 saturated heterocycles. The van der Waals surface area contributed by atoms with Crippen molar-refractivity contribution in [1.29, 1.82) is 0 Å². The van der Waals surface area contributed by atoms with Gasteiger partial charge in [-0.1, -0.05) is 12.1 Å². The van der Waals surface area contributed by atoms with Crippen molar-refractivity contribution in [3.05, 3.63) is 48.2 Å². The van der Waals surface area contributed by atoms with Crippen LogP contribution < -0.4 is 10.1 Å². The van der Waals surface area contributed by atoms with E-state index in [2.05, 4.69) is 15.0 Å². The number of nitrogens with one attached hydrogen (secondary N) is 1. The van der Waals surface area contributed by atoms with Crippen molar-refractivity contribution in [3.8, 4) is 5.75 Å². The molecule has 0 bridgehead atoms. The van der Waals surface area contributed by atoms with Crippen LogP contribution in [0, 0.1) is 0 Å². The molecule has 5 nitrogen and oxygen atoms in total. The molecule has 1 N–H and O–H groups in total. The molecule has 23 heavy (non-hydrogen) atoms. The van der Waals surface area contributed by atoms with Crippen LogP contribution in [0.4, 0.5) is 14.6 Å². The Bertz CT molecular complexity index is 782. The number of halogens is 2. The number of aromatic nitrogens is 1. The van der Waals surface area contributed by atoms with E-state index in [1.807, 2.05) is 0 Å². The van der Waals surface area contributed by atoms with Crippen molar-refractivity contribution in [2.24, 2.45) is 0 Å². The molecule has 0 aliphatic rings. The van der Waals surface area contributed by atoms with E-state index in [1.165, 1.54) is 30.5 Å². The van der Waals surface area contributed by atoms with Crippen LogP contribution >= 0.6 is 0 Å². The Morgan fingerprint density at radius 3 is 2.61 bits per heavy atom. The van der Waals surface area contributed by atoms with E-state index in [0.29, 0.717) is 5.56 Å². The van der Waals surface area contributed by atoms with Crippen molar-refractivity contribution in [3.63, 3.8) is 0 Å². The average Bonchev–Trinajstić information content (AvgIpc) is 2.46. The summed E-state index contributed by atoms with van der Waals surface area (Å²) in [5, 5.41) is 2.98. The van der Waals surface area contributed by atoms with Gasteiger partial charge in [0.25, 0.3) is 0 Å². The Morgan fingerprint density at radius 2 is 1.96 bits per heavy atom. The molecule has 1 aromatic carbocycles. The first-order valence-electron chi connectivity index (χ1n) is 6.74. The minimum absolute atomic E-state index is 0.0375. The smallest absolute Gasteiger partial charge is 0.387 e. The van der Waals surface area contributed by atoms with Gasteiger partial charge in [0.05, 0.1) is 6.04 Å². The lowest BCUT2D eigenvalue weighted by atomic mass is 10.1. The van der Waals surface area contributed by atoms with Gasteiger partial charge < -0.3 is 10.1 Å². The number of pyridine rings is 1. The minimum atomic E-state index is -3.43. The van der Waals surface area contributed by atoms with Crippen LogP contribution in [0.1, 0.15) is 18.5 Å². The molecule has 0 amide bonds. The number of hydrogen-bond donors (Lipinski definition) is 1. The molecule has 124 valence electrons. The van der Waals surface area contributed by atoms with Gasteiger partial charge in [-0.2, -0.15) is 8.78 Å². The van der Waals surface area contributed by atoms with Gasteiger partial charge in [-0.25, -0.2) is 13.4 Å². The van der Waals surface area contributed by atoms with E-state index in [9.17, 15) is 17.2 Å². The molecule has 2 rings (SSSR count). The topological polar surface area (TPSA) is 68.3 Å². The van der Waals surface area contributed by atoms with Gasteiger partial charge in [0.1, 0.15) is 16.5 Å². The van der Waals surface area contributed by atoms with E-state index in [-0.39, 0.29) is 22.5 Å². The van der Waals surface area contributed by atoms with Crippen LogP contribution in [-0.2, 0) is 9.84 Å². The number of sulfone groups is 1. The maximum Gasteiger partial charge on any atom is 0.387 e. The van der Waals surface area contributed by atoms with Gasteiger partial charge in [0.2, 0.25) is 0 Å². The number of benzene rings is 1. The number of ether oxygens (including phenoxy) is 1. The van der Waals surface area contributed by atoms with Crippen molar-refractivity contribution < 1.29 is 21.9 Å². The molecule has 1 atom stereocenters. The fraction of sp³-hybridized carbons (Fsp3) is 0.267. The fourth-order valence-electron chi connectivity index (χ4n) is 2.05. The van der Waals surface area contributed by atoms with Gasteiger partial charge in [-0.3, -0.25) is 0 Å². The predicted molar refractivity (Wildman–Crippen MR) is 82.5 cm³/mol. The third kappa shape index (κ3) is 4.62. The van der Waals surface area contributed by atoms with Crippen LogP contribution in [0.3, 0.4) is 0 Å². The largest absolute Gasteiger partial charge is 0.435 e. The predicted octanol–water partition coefficient (Wildman–Crippen LogP) is 3.26. The number of rotatable bonds is 6. The van der Waals surface area contributed by atoms with Gasteiger partial charge in [-0.05, 0) is 36.8 Å². The summed E-state index contributed by atoms with van der Waals surface area (Å²) in [5.74, 6) is 0.248. The summed E-state index contributed by atoms with van der Waals surface area (Å²) in [5.41, 5.74) is 0.660. The number of nitrogens with zero attached hydrogens (tertiary/aromatic N) is 1. The molecule has 1 unspecified atom stereocenters. The number of alkyl halides is 2. The molecule has 0 radical (unpaired) electrons. The van der Waals surface area contributed by atoms with Crippen LogP contribution in [0.2, 0.25) is 0 Å². The first-order chi connectivity index (χ1) is 10.8. The van der Waals surface area contributed by atoms with Crippen LogP contribution in [0.15, 0.2) is 47.5 Å². The van der Waals surface area contributed by atoms with Gasteiger partial charge >= 0.3 is 6.61 Å². The Morgan fingerprint density at radius 1 is 1.22 bits per heavy atom. The molecule has 2 aromatic rings. The third-order valence-corrected chi connectivity index (χ3v) is 4.24. The molecule has 0 fully saturated rings. The fourth-order valence-corrected chi connectivity index (χ4v) is 2.84. The lowest BCUT2D eigenvalue weighted by Crippen LogP contribution is -2.12. The lowest BCUT2D eigenvalue weighted by molar-refractivity contribution is -0.0498.